The van der Waals surface area contributed by atoms with Crippen LogP contribution in [0.25, 0.3) is 22.1 Å². The maximum absolute atomic E-state index is 12.3. The lowest BCUT2D eigenvalue weighted by Gasteiger charge is -2.18. The van der Waals surface area contributed by atoms with E-state index in [1.165, 1.54) is 10.9 Å². The van der Waals surface area contributed by atoms with Crippen LogP contribution in [0, 0.1) is 0 Å². The molecule has 0 spiro atoms. The summed E-state index contributed by atoms with van der Waals surface area (Å²) in [6.07, 6.45) is 0.850. The second kappa shape index (κ2) is 13.3. The summed E-state index contributed by atoms with van der Waals surface area (Å²) in [5, 5.41) is 14.1. The first-order chi connectivity index (χ1) is 20.6. The number of nitrogens with zero attached hydrogens (tertiary/aromatic N) is 3. The molecule has 18 heteroatoms. The standard InChI is InChI=1S/C25H33N8O9P/c26-16(9-14-11-29-17-4-2-1-3-15(14)17)23(35)28-5-6-39-7-8-40-43(37,38)41-12-19-18(34)10-20(42-19)33-13-30-21-22(33)31-25(27)32-24(21)36/h1-4,11,13,16,18-20,29,34H,5-10,12,26H2,(H,28,35)(H,37,38)(H3,27,31,32,36)/t16-,18-,19+,20+/m0/s1. The van der Waals surface area contributed by atoms with Crippen molar-refractivity contribution in [3.8, 4) is 0 Å². The third kappa shape index (κ3) is 7.46. The predicted octanol–water partition coefficient (Wildman–Crippen LogP) is -0.332. The van der Waals surface area contributed by atoms with Gasteiger partial charge in [0.1, 0.15) is 12.3 Å². The van der Waals surface area contributed by atoms with E-state index in [1.807, 2.05) is 30.5 Å². The number of ether oxygens (including phenoxy) is 2. The van der Waals surface area contributed by atoms with E-state index in [0.29, 0.717) is 6.42 Å². The Labute approximate surface area is 244 Å². The first kappa shape index (κ1) is 30.8. The third-order valence-electron chi connectivity index (χ3n) is 6.85. The predicted molar refractivity (Wildman–Crippen MR) is 153 cm³/mol. The molecule has 232 valence electrons. The lowest BCUT2D eigenvalue weighted by Crippen LogP contribution is -2.43. The number of phosphoric acid groups is 1. The van der Waals surface area contributed by atoms with Crippen LogP contribution in [-0.2, 0) is 34.3 Å². The van der Waals surface area contributed by atoms with Crippen molar-refractivity contribution < 1.29 is 37.9 Å². The average molecular weight is 621 g/mol. The van der Waals surface area contributed by atoms with Crippen LogP contribution < -0.4 is 22.3 Å². The molecule has 1 aromatic carbocycles. The van der Waals surface area contributed by atoms with Gasteiger partial charge in [0.15, 0.2) is 11.2 Å². The Morgan fingerprint density at radius 3 is 2.93 bits per heavy atom. The highest BCUT2D eigenvalue weighted by molar-refractivity contribution is 7.47. The Morgan fingerprint density at radius 2 is 2.09 bits per heavy atom. The highest BCUT2D eigenvalue weighted by atomic mass is 31.2. The van der Waals surface area contributed by atoms with E-state index in [0.717, 1.165) is 16.5 Å². The molecule has 0 aliphatic carbocycles. The van der Waals surface area contributed by atoms with Crippen LogP contribution in [0.4, 0.5) is 5.95 Å². The summed E-state index contributed by atoms with van der Waals surface area (Å²) in [6.45, 7) is -0.432. The summed E-state index contributed by atoms with van der Waals surface area (Å²) < 4.78 is 34.7. The molecule has 17 nitrogen and oxygen atoms in total. The number of aromatic nitrogens is 5. The number of rotatable bonds is 14. The Bertz CT molecular complexity index is 1670. The van der Waals surface area contributed by atoms with E-state index < -0.39 is 44.5 Å². The lowest BCUT2D eigenvalue weighted by atomic mass is 10.1. The molecular formula is C25H33N8O9P. The number of fused-ring (bicyclic) bond motifs is 2. The van der Waals surface area contributed by atoms with Crippen LogP contribution in [0.2, 0.25) is 0 Å². The lowest BCUT2D eigenvalue weighted by molar-refractivity contribution is -0.122. The molecule has 4 aromatic rings. The Kier molecular flexibility index (Phi) is 9.53. The molecule has 1 aliphatic heterocycles. The molecule has 0 radical (unpaired) electrons. The van der Waals surface area contributed by atoms with Gasteiger partial charge in [-0.15, -0.1) is 0 Å². The number of aliphatic hydroxyl groups is 1. The summed E-state index contributed by atoms with van der Waals surface area (Å²) in [5.41, 5.74) is 13.3. The Hall–Kier alpha value is -3.67. The second-order valence-corrected chi connectivity index (χ2v) is 11.3. The van der Waals surface area contributed by atoms with E-state index in [4.69, 9.17) is 30.0 Å². The number of aromatic amines is 2. The molecule has 1 amide bonds. The van der Waals surface area contributed by atoms with Gasteiger partial charge in [-0.05, 0) is 18.1 Å². The SMILES string of the molecule is Nc1nc2c(ncn2[C@H]2C[C@H](O)[C@@H](COP(=O)(O)OCCOCCNC(=O)[C@@H](N)Cc3c[nH]c4ccccc34)O2)c(=O)[nH]1. The fourth-order valence-electron chi connectivity index (χ4n) is 4.72. The number of para-hydroxylation sites is 1. The van der Waals surface area contributed by atoms with Crippen LogP contribution in [0.1, 0.15) is 18.2 Å². The third-order valence-corrected chi connectivity index (χ3v) is 7.83. The van der Waals surface area contributed by atoms with Crippen molar-refractivity contribution in [3.63, 3.8) is 0 Å². The number of imidazole rings is 1. The molecule has 0 bridgehead atoms. The maximum Gasteiger partial charge on any atom is 0.472 e. The first-order valence-corrected chi connectivity index (χ1v) is 14.9. The van der Waals surface area contributed by atoms with Crippen LogP contribution in [0.3, 0.4) is 0 Å². The Morgan fingerprint density at radius 1 is 1.28 bits per heavy atom. The molecule has 1 aliphatic rings. The van der Waals surface area contributed by atoms with Gasteiger partial charge in [0.05, 0.1) is 44.9 Å². The molecule has 0 saturated carbocycles. The summed E-state index contributed by atoms with van der Waals surface area (Å²) in [4.78, 5) is 47.9. The maximum atomic E-state index is 12.3. The zero-order valence-electron chi connectivity index (χ0n) is 22.9. The molecule has 1 unspecified atom stereocenters. The minimum absolute atomic E-state index is 0.0429. The molecule has 43 heavy (non-hydrogen) atoms. The highest BCUT2D eigenvalue weighted by Gasteiger charge is 2.38. The van der Waals surface area contributed by atoms with Gasteiger partial charge in [-0.25, -0.2) is 9.55 Å². The van der Waals surface area contributed by atoms with Gasteiger partial charge in [-0.2, -0.15) is 4.98 Å². The van der Waals surface area contributed by atoms with Crippen LogP contribution in [0.15, 0.2) is 41.6 Å². The van der Waals surface area contributed by atoms with Crippen molar-refractivity contribution >= 4 is 41.7 Å². The minimum atomic E-state index is -4.49. The number of amides is 1. The van der Waals surface area contributed by atoms with Crippen molar-refractivity contribution in [2.45, 2.75) is 37.3 Å². The molecule has 1 fully saturated rings. The zero-order valence-corrected chi connectivity index (χ0v) is 23.8. The minimum Gasteiger partial charge on any atom is -0.390 e. The van der Waals surface area contributed by atoms with Gasteiger partial charge in [0.25, 0.3) is 5.56 Å². The largest absolute Gasteiger partial charge is 0.472 e. The number of carbonyl (C=O) groups is 1. The van der Waals surface area contributed by atoms with E-state index in [2.05, 4.69) is 25.3 Å². The Balaban J connectivity index is 0.973. The van der Waals surface area contributed by atoms with Crippen molar-refractivity contribution in [1.82, 2.24) is 29.8 Å². The van der Waals surface area contributed by atoms with E-state index in [9.17, 15) is 24.2 Å². The normalized spacial score (nSPS) is 20.9. The van der Waals surface area contributed by atoms with Crippen molar-refractivity contribution in [3.05, 3.63) is 52.7 Å². The van der Waals surface area contributed by atoms with Gasteiger partial charge in [0.2, 0.25) is 11.9 Å². The number of benzene rings is 1. The zero-order chi connectivity index (χ0) is 30.6. The number of nitrogens with one attached hydrogen (secondary N) is 3. The van der Waals surface area contributed by atoms with Crippen molar-refractivity contribution in [2.24, 2.45) is 5.73 Å². The number of phosphoric ester groups is 1. The molecule has 5 atom stereocenters. The van der Waals surface area contributed by atoms with Gasteiger partial charge >= 0.3 is 7.82 Å². The smallest absolute Gasteiger partial charge is 0.390 e. The van der Waals surface area contributed by atoms with E-state index in [-0.39, 0.29) is 55.8 Å². The number of nitrogen functional groups attached to an aromatic ring is 1. The molecule has 4 heterocycles. The van der Waals surface area contributed by atoms with Crippen LogP contribution in [-0.4, -0.2) is 91.6 Å². The summed E-state index contributed by atoms with van der Waals surface area (Å²) in [6, 6.07) is 7.01. The van der Waals surface area contributed by atoms with E-state index >= 15 is 0 Å². The fourth-order valence-corrected chi connectivity index (χ4v) is 5.43. The van der Waals surface area contributed by atoms with Crippen LogP contribution in [0.5, 0.6) is 0 Å². The number of aliphatic hydroxyl groups excluding tert-OH is 1. The molecule has 1 saturated heterocycles. The highest BCUT2D eigenvalue weighted by Crippen LogP contribution is 2.44. The number of carbonyl (C=O) groups excluding carboxylic acids is 1. The second-order valence-electron chi connectivity index (χ2n) is 9.88. The number of hydrogen-bond acceptors (Lipinski definition) is 12. The van der Waals surface area contributed by atoms with Crippen LogP contribution >= 0.6 is 7.82 Å². The number of nitrogens with two attached hydrogens (primary N) is 2. The molecule has 9 N–H and O–H groups in total. The van der Waals surface area contributed by atoms with E-state index in [1.54, 1.807) is 0 Å². The average Bonchev–Trinajstić information content (AvgIpc) is 3.68. The number of H-pyrrole nitrogens is 2. The topological polar surface area (TPSA) is 255 Å². The number of hydrogen-bond donors (Lipinski definition) is 7. The van der Waals surface area contributed by atoms with Gasteiger partial charge < -0.3 is 41.2 Å². The fraction of sp³-hybridized carbons (Fsp3) is 0.440. The summed E-state index contributed by atoms with van der Waals surface area (Å²) >= 11 is 0. The van der Waals surface area contributed by atoms with Gasteiger partial charge in [0, 0.05) is 30.1 Å². The quantitative estimate of drug-likeness (QED) is 0.0705. The van der Waals surface area contributed by atoms with Gasteiger partial charge in [-0.1, -0.05) is 18.2 Å². The number of anilines is 1. The molecular weight excluding hydrogens is 587 g/mol. The van der Waals surface area contributed by atoms with Gasteiger partial charge in [-0.3, -0.25) is 28.2 Å². The monoisotopic (exact) mass is 620 g/mol. The first-order valence-electron chi connectivity index (χ1n) is 13.4. The summed E-state index contributed by atoms with van der Waals surface area (Å²) in [5.74, 6) is -0.432. The summed E-state index contributed by atoms with van der Waals surface area (Å²) in [7, 11) is -4.49. The van der Waals surface area contributed by atoms with Crippen molar-refractivity contribution in [2.75, 3.05) is 38.7 Å². The van der Waals surface area contributed by atoms with Crippen molar-refractivity contribution in [1.29, 1.82) is 0 Å². The molecule has 3 aromatic heterocycles. The molecule has 5 rings (SSSR count).